The first-order valence-electron chi connectivity index (χ1n) is 12.2. The molecule has 0 radical (unpaired) electrons. The van der Waals surface area contributed by atoms with Crippen LogP contribution in [0.25, 0.3) is 22.2 Å². The van der Waals surface area contributed by atoms with E-state index in [-0.39, 0.29) is 29.2 Å². The fourth-order valence-electron chi connectivity index (χ4n) is 5.60. The Morgan fingerprint density at radius 3 is 2.68 bits per heavy atom. The molecule has 3 atom stereocenters. The molecule has 0 saturated carbocycles. The van der Waals surface area contributed by atoms with Crippen molar-refractivity contribution in [3.05, 3.63) is 57.8 Å². The van der Waals surface area contributed by atoms with Crippen LogP contribution in [0, 0.1) is 11.6 Å². The van der Waals surface area contributed by atoms with Gasteiger partial charge in [-0.3, -0.25) is 14.3 Å². The van der Waals surface area contributed by atoms with E-state index in [1.54, 1.807) is 4.57 Å². The summed E-state index contributed by atoms with van der Waals surface area (Å²) in [7, 11) is 0. The molecule has 6 nitrogen and oxygen atoms in total. The van der Waals surface area contributed by atoms with Gasteiger partial charge in [0.15, 0.2) is 0 Å². The number of aromatic nitrogens is 3. The molecule has 2 saturated heterocycles. The number of nitrogens with zero attached hydrogens (tertiary/aromatic N) is 3. The van der Waals surface area contributed by atoms with Crippen LogP contribution in [0.4, 0.5) is 8.78 Å². The van der Waals surface area contributed by atoms with Gasteiger partial charge in [-0.2, -0.15) is 0 Å². The molecule has 6 rings (SSSR count). The van der Waals surface area contributed by atoms with Gasteiger partial charge in [0.2, 0.25) is 0 Å². The number of pyridine rings is 1. The Morgan fingerprint density at radius 1 is 0.971 bits per heavy atom. The Balaban J connectivity index is 1.48. The monoisotopic (exact) mass is 467 g/mol. The molecule has 2 fully saturated rings. The normalized spacial score (nSPS) is 24.9. The fourth-order valence-corrected chi connectivity index (χ4v) is 5.60. The number of rotatable bonds is 3. The molecule has 0 spiro atoms. The molecule has 3 aliphatic rings. The van der Waals surface area contributed by atoms with Crippen LogP contribution in [0.15, 0.2) is 29.1 Å². The number of aryl methyl sites for hydroxylation is 1. The second-order valence-electron chi connectivity index (χ2n) is 9.54. The van der Waals surface area contributed by atoms with E-state index in [0.29, 0.717) is 42.0 Å². The SMILES string of the molecule is O=c1c2cc(C3CCOC(C4CCCCO4)C3)nc(-c3ccc(F)cc3F)c2nc2n1CCC2. The highest BCUT2D eigenvalue weighted by molar-refractivity contribution is 5.91. The van der Waals surface area contributed by atoms with Crippen LogP contribution < -0.4 is 5.56 Å². The quantitative estimate of drug-likeness (QED) is 0.567. The van der Waals surface area contributed by atoms with Gasteiger partial charge in [0.25, 0.3) is 5.56 Å². The van der Waals surface area contributed by atoms with Crippen LogP contribution in [-0.2, 0) is 22.4 Å². The van der Waals surface area contributed by atoms with Gasteiger partial charge in [-0.15, -0.1) is 0 Å². The molecular weight excluding hydrogens is 440 g/mol. The van der Waals surface area contributed by atoms with Crippen LogP contribution in [0.5, 0.6) is 0 Å². The molecule has 8 heteroatoms. The van der Waals surface area contributed by atoms with Crippen LogP contribution in [0.3, 0.4) is 0 Å². The zero-order valence-electron chi connectivity index (χ0n) is 18.9. The topological polar surface area (TPSA) is 66.2 Å². The molecule has 5 heterocycles. The highest BCUT2D eigenvalue weighted by atomic mass is 19.1. The summed E-state index contributed by atoms with van der Waals surface area (Å²) in [6.07, 6.45) is 6.26. The number of fused-ring (bicyclic) bond motifs is 2. The van der Waals surface area contributed by atoms with E-state index in [0.717, 1.165) is 56.9 Å². The van der Waals surface area contributed by atoms with Gasteiger partial charge >= 0.3 is 0 Å². The minimum Gasteiger partial charge on any atom is -0.376 e. The molecule has 0 N–H and O–H groups in total. The van der Waals surface area contributed by atoms with Gasteiger partial charge < -0.3 is 9.47 Å². The molecule has 3 unspecified atom stereocenters. The van der Waals surface area contributed by atoms with E-state index in [1.165, 1.54) is 12.1 Å². The zero-order chi connectivity index (χ0) is 23.2. The summed E-state index contributed by atoms with van der Waals surface area (Å²) in [6, 6.07) is 5.27. The van der Waals surface area contributed by atoms with Crippen molar-refractivity contribution >= 4 is 10.9 Å². The van der Waals surface area contributed by atoms with Crippen molar-refractivity contribution in [1.82, 2.24) is 14.5 Å². The third-order valence-corrected chi connectivity index (χ3v) is 7.37. The highest BCUT2D eigenvalue weighted by Gasteiger charge is 2.33. The van der Waals surface area contributed by atoms with Gasteiger partial charge in [-0.1, -0.05) is 0 Å². The fraction of sp³-hybridized carbons (Fsp3) is 0.500. The van der Waals surface area contributed by atoms with Crippen molar-refractivity contribution in [2.45, 2.75) is 69.6 Å². The minimum atomic E-state index is -0.714. The predicted molar refractivity (Wildman–Crippen MR) is 123 cm³/mol. The second kappa shape index (κ2) is 8.82. The smallest absolute Gasteiger partial charge is 0.261 e. The molecule has 3 aromatic rings. The van der Waals surface area contributed by atoms with E-state index in [1.807, 2.05) is 6.07 Å². The summed E-state index contributed by atoms with van der Waals surface area (Å²) in [6.45, 7) is 1.97. The van der Waals surface area contributed by atoms with Crippen molar-refractivity contribution in [3.8, 4) is 11.3 Å². The Morgan fingerprint density at radius 2 is 1.85 bits per heavy atom. The summed E-state index contributed by atoms with van der Waals surface area (Å²) in [5.74, 6) is -0.630. The van der Waals surface area contributed by atoms with E-state index in [2.05, 4.69) is 0 Å². The average molecular weight is 468 g/mol. The molecule has 3 aliphatic heterocycles. The molecule has 2 aromatic heterocycles. The number of hydrogen-bond donors (Lipinski definition) is 0. The second-order valence-corrected chi connectivity index (χ2v) is 9.54. The third kappa shape index (κ3) is 3.82. The largest absolute Gasteiger partial charge is 0.376 e. The molecule has 0 aliphatic carbocycles. The van der Waals surface area contributed by atoms with Crippen molar-refractivity contribution < 1.29 is 18.3 Å². The first-order chi connectivity index (χ1) is 16.6. The van der Waals surface area contributed by atoms with Crippen LogP contribution in [0.1, 0.15) is 56.0 Å². The number of hydrogen-bond acceptors (Lipinski definition) is 5. The Bertz CT molecular complexity index is 1300. The molecule has 178 valence electrons. The predicted octanol–water partition coefficient (Wildman–Crippen LogP) is 4.51. The maximum atomic E-state index is 14.9. The average Bonchev–Trinajstić information content (AvgIpc) is 3.34. The molecular formula is C26H27F2N3O3. The molecule has 1 aromatic carbocycles. The summed E-state index contributed by atoms with van der Waals surface area (Å²) >= 11 is 0. The van der Waals surface area contributed by atoms with Crippen LogP contribution >= 0.6 is 0 Å². The summed E-state index contributed by atoms with van der Waals surface area (Å²) in [4.78, 5) is 23.0. The number of benzene rings is 1. The maximum absolute atomic E-state index is 14.9. The highest BCUT2D eigenvalue weighted by Crippen LogP contribution is 2.36. The Labute approximate surface area is 195 Å². The zero-order valence-corrected chi connectivity index (χ0v) is 18.9. The number of ether oxygens (including phenoxy) is 2. The lowest BCUT2D eigenvalue weighted by molar-refractivity contribution is -0.112. The van der Waals surface area contributed by atoms with Gasteiger partial charge in [-0.05, 0) is 56.7 Å². The van der Waals surface area contributed by atoms with Crippen molar-refractivity contribution in [2.24, 2.45) is 0 Å². The lowest BCUT2D eigenvalue weighted by Crippen LogP contribution is -2.38. The summed E-state index contributed by atoms with van der Waals surface area (Å²) < 4.78 is 42.3. The van der Waals surface area contributed by atoms with E-state index < -0.39 is 11.6 Å². The van der Waals surface area contributed by atoms with Gasteiger partial charge in [0.1, 0.15) is 23.0 Å². The minimum absolute atomic E-state index is 0.0261. The molecule has 34 heavy (non-hydrogen) atoms. The Kier molecular flexibility index (Phi) is 5.65. The van der Waals surface area contributed by atoms with E-state index in [4.69, 9.17) is 19.4 Å². The Hall–Kier alpha value is -2.71. The standard InChI is InChI=1S/C26H27F2N3O3/c27-16-6-7-17(19(28)13-16)24-25-18(26(32)31-9-3-5-23(31)30-25)14-20(29-24)15-8-11-34-22(12-15)21-4-1-2-10-33-21/h6-7,13-15,21-22H,1-5,8-12H2. The lowest BCUT2D eigenvalue weighted by atomic mass is 9.87. The van der Waals surface area contributed by atoms with Crippen molar-refractivity contribution in [2.75, 3.05) is 13.2 Å². The van der Waals surface area contributed by atoms with Crippen molar-refractivity contribution in [1.29, 1.82) is 0 Å². The molecule has 0 amide bonds. The van der Waals surface area contributed by atoms with Gasteiger partial charge in [0.05, 0.1) is 23.3 Å². The van der Waals surface area contributed by atoms with E-state index in [9.17, 15) is 13.6 Å². The van der Waals surface area contributed by atoms with Crippen LogP contribution in [0.2, 0.25) is 0 Å². The summed E-state index contributed by atoms with van der Waals surface area (Å²) in [5.41, 5.74) is 1.44. The van der Waals surface area contributed by atoms with Gasteiger partial charge in [0, 0.05) is 49.4 Å². The van der Waals surface area contributed by atoms with Crippen molar-refractivity contribution in [3.63, 3.8) is 0 Å². The first-order valence-corrected chi connectivity index (χ1v) is 12.2. The third-order valence-electron chi connectivity index (χ3n) is 7.37. The molecule has 0 bridgehead atoms. The number of halogens is 2. The lowest BCUT2D eigenvalue weighted by Gasteiger charge is -2.36. The van der Waals surface area contributed by atoms with Gasteiger partial charge in [-0.25, -0.2) is 13.8 Å². The maximum Gasteiger partial charge on any atom is 0.261 e. The van der Waals surface area contributed by atoms with E-state index >= 15 is 0 Å². The van der Waals surface area contributed by atoms with Crippen LogP contribution in [-0.4, -0.2) is 40.0 Å². The summed E-state index contributed by atoms with van der Waals surface area (Å²) in [5, 5.41) is 0.436. The first kappa shape index (κ1) is 21.8.